The largest absolute Gasteiger partial charge is 0.490 e. The zero-order valence-corrected chi connectivity index (χ0v) is 16.0. The summed E-state index contributed by atoms with van der Waals surface area (Å²) in [7, 11) is 0. The molecule has 0 bridgehead atoms. The lowest BCUT2D eigenvalue weighted by atomic mass is 10.2. The summed E-state index contributed by atoms with van der Waals surface area (Å²) in [6.45, 7) is 2.06. The fourth-order valence-corrected chi connectivity index (χ4v) is 2.80. The predicted octanol–water partition coefficient (Wildman–Crippen LogP) is 3.82. The number of benzene rings is 2. The van der Waals surface area contributed by atoms with Crippen molar-refractivity contribution < 1.29 is 14.3 Å². The molecule has 0 atom stereocenters. The second-order valence-corrected chi connectivity index (χ2v) is 6.12. The molecule has 0 radical (unpaired) electrons. The van der Waals surface area contributed by atoms with Crippen LogP contribution in [-0.2, 0) is 4.79 Å². The average Bonchev–Trinajstić information content (AvgIpc) is 3.13. The van der Waals surface area contributed by atoms with Crippen molar-refractivity contribution in [3.05, 3.63) is 65.2 Å². The van der Waals surface area contributed by atoms with E-state index < -0.39 is 0 Å². The number of imidazole rings is 1. The molecule has 28 heavy (non-hydrogen) atoms. The van der Waals surface area contributed by atoms with Gasteiger partial charge in [0.1, 0.15) is 0 Å². The number of aromatic nitrogens is 2. The van der Waals surface area contributed by atoms with E-state index in [0.717, 1.165) is 5.69 Å². The van der Waals surface area contributed by atoms with Crippen molar-refractivity contribution in [2.45, 2.75) is 6.92 Å². The molecule has 1 amide bonds. The Hall–Kier alpha value is -3.57. The third-order valence-corrected chi connectivity index (χ3v) is 4.10. The van der Waals surface area contributed by atoms with Gasteiger partial charge < -0.3 is 19.8 Å². The Labute approximate surface area is 167 Å². The number of carbonyl (C=O) groups is 1. The van der Waals surface area contributed by atoms with E-state index in [4.69, 9.17) is 27.0 Å². The Morgan fingerprint density at radius 2 is 2.11 bits per heavy atom. The molecule has 1 aromatic heterocycles. The Morgan fingerprint density at radius 1 is 1.25 bits per heavy atom. The smallest absolute Gasteiger partial charge is 0.262 e. The molecule has 0 aliphatic carbocycles. The summed E-state index contributed by atoms with van der Waals surface area (Å²) in [4.78, 5) is 15.2. The molecule has 7 nitrogen and oxygen atoms in total. The lowest BCUT2D eigenvalue weighted by Crippen LogP contribution is -2.20. The Balaban J connectivity index is 1.66. The standard InChI is InChI=1S/C20H18N4O3S/c1-2-26-18-10-14(12-21)6-7-17(18)27-13-19(25)23-15-4-3-5-16(11-15)24-9-8-22-20(24)28/h3-11H,2,13H2,1H3,(H,22,28)(H,23,25). The normalized spacial score (nSPS) is 10.1. The molecule has 3 aromatic rings. The van der Waals surface area contributed by atoms with E-state index in [1.807, 2.05) is 37.4 Å². The Bertz CT molecular complexity index is 1080. The molecule has 0 saturated heterocycles. The van der Waals surface area contributed by atoms with Crippen LogP contribution in [0, 0.1) is 16.1 Å². The first kappa shape index (κ1) is 19.2. The summed E-state index contributed by atoms with van der Waals surface area (Å²) in [6, 6.07) is 14.2. The predicted molar refractivity (Wildman–Crippen MR) is 107 cm³/mol. The van der Waals surface area contributed by atoms with Crippen molar-refractivity contribution in [3.63, 3.8) is 0 Å². The highest BCUT2D eigenvalue weighted by Gasteiger charge is 2.10. The summed E-state index contributed by atoms with van der Waals surface area (Å²) < 4.78 is 13.4. The van der Waals surface area contributed by atoms with Gasteiger partial charge in [0.2, 0.25) is 0 Å². The van der Waals surface area contributed by atoms with E-state index >= 15 is 0 Å². The van der Waals surface area contributed by atoms with Crippen LogP contribution in [0.15, 0.2) is 54.9 Å². The molecule has 1 heterocycles. The van der Waals surface area contributed by atoms with Crippen LogP contribution in [0.4, 0.5) is 5.69 Å². The van der Waals surface area contributed by atoms with Gasteiger partial charge in [0.25, 0.3) is 5.91 Å². The first-order valence-electron chi connectivity index (χ1n) is 8.56. The fraction of sp³-hybridized carbons (Fsp3) is 0.150. The van der Waals surface area contributed by atoms with Crippen LogP contribution in [0.2, 0.25) is 0 Å². The number of rotatable bonds is 7. The van der Waals surface area contributed by atoms with Gasteiger partial charge in [0.15, 0.2) is 22.9 Å². The van der Waals surface area contributed by atoms with E-state index in [2.05, 4.69) is 10.3 Å². The highest BCUT2D eigenvalue weighted by Crippen LogP contribution is 2.28. The zero-order chi connectivity index (χ0) is 19.9. The van der Waals surface area contributed by atoms with E-state index in [0.29, 0.717) is 34.1 Å². The number of H-pyrrole nitrogens is 1. The Kier molecular flexibility index (Phi) is 6.09. The molecular weight excluding hydrogens is 376 g/mol. The first-order valence-corrected chi connectivity index (χ1v) is 8.97. The molecular formula is C20H18N4O3S. The van der Waals surface area contributed by atoms with Crippen molar-refractivity contribution in [1.82, 2.24) is 9.55 Å². The van der Waals surface area contributed by atoms with Crippen LogP contribution in [0.1, 0.15) is 12.5 Å². The van der Waals surface area contributed by atoms with E-state index in [1.54, 1.807) is 35.0 Å². The van der Waals surface area contributed by atoms with Gasteiger partial charge in [-0.15, -0.1) is 0 Å². The Morgan fingerprint density at radius 3 is 2.82 bits per heavy atom. The SMILES string of the molecule is CCOc1cc(C#N)ccc1OCC(=O)Nc1cccc(-n2cc[nH]c2=S)c1. The zero-order valence-electron chi connectivity index (χ0n) is 15.1. The summed E-state index contributed by atoms with van der Waals surface area (Å²) in [5.41, 5.74) is 1.91. The number of ether oxygens (including phenoxy) is 2. The van der Waals surface area contributed by atoms with Crippen LogP contribution in [-0.4, -0.2) is 28.7 Å². The molecule has 3 rings (SSSR count). The first-order chi connectivity index (χ1) is 13.6. The number of nitrogens with zero attached hydrogens (tertiary/aromatic N) is 2. The third kappa shape index (κ3) is 4.58. The molecule has 0 spiro atoms. The minimum absolute atomic E-state index is 0.195. The maximum atomic E-state index is 12.3. The highest BCUT2D eigenvalue weighted by molar-refractivity contribution is 7.71. The summed E-state index contributed by atoms with van der Waals surface area (Å²) in [5, 5.41) is 11.8. The van der Waals surface area contributed by atoms with E-state index in [-0.39, 0.29) is 12.5 Å². The van der Waals surface area contributed by atoms with Crippen molar-refractivity contribution in [2.75, 3.05) is 18.5 Å². The van der Waals surface area contributed by atoms with Crippen molar-refractivity contribution in [3.8, 4) is 23.3 Å². The minimum Gasteiger partial charge on any atom is -0.490 e. The maximum Gasteiger partial charge on any atom is 0.262 e. The minimum atomic E-state index is -0.318. The maximum absolute atomic E-state index is 12.3. The molecule has 0 fully saturated rings. The molecule has 142 valence electrons. The quantitative estimate of drug-likeness (QED) is 0.594. The lowest BCUT2D eigenvalue weighted by molar-refractivity contribution is -0.118. The van der Waals surface area contributed by atoms with Crippen molar-refractivity contribution in [2.24, 2.45) is 0 Å². The van der Waals surface area contributed by atoms with Crippen molar-refractivity contribution in [1.29, 1.82) is 5.26 Å². The molecule has 2 aromatic carbocycles. The summed E-state index contributed by atoms with van der Waals surface area (Å²) in [6.07, 6.45) is 3.56. The topological polar surface area (TPSA) is 92.1 Å². The van der Waals surface area contributed by atoms with Gasteiger partial charge in [0, 0.05) is 29.8 Å². The van der Waals surface area contributed by atoms with Crippen LogP contribution >= 0.6 is 12.2 Å². The summed E-state index contributed by atoms with van der Waals surface area (Å²) in [5.74, 6) is 0.517. The van der Waals surface area contributed by atoms with Gasteiger partial charge in [-0.2, -0.15) is 5.26 Å². The second kappa shape index (κ2) is 8.88. The molecule has 0 saturated carbocycles. The molecule has 2 N–H and O–H groups in total. The van der Waals surface area contributed by atoms with Gasteiger partial charge in [-0.05, 0) is 49.5 Å². The lowest BCUT2D eigenvalue weighted by Gasteiger charge is -2.12. The average molecular weight is 394 g/mol. The molecule has 0 aliphatic heterocycles. The van der Waals surface area contributed by atoms with Gasteiger partial charge in [-0.1, -0.05) is 6.07 Å². The van der Waals surface area contributed by atoms with Crippen LogP contribution in [0.3, 0.4) is 0 Å². The number of hydrogen-bond acceptors (Lipinski definition) is 5. The van der Waals surface area contributed by atoms with Crippen LogP contribution < -0.4 is 14.8 Å². The van der Waals surface area contributed by atoms with E-state index in [1.165, 1.54) is 0 Å². The molecule has 0 aliphatic rings. The number of nitriles is 1. The number of anilines is 1. The van der Waals surface area contributed by atoms with Gasteiger partial charge >= 0.3 is 0 Å². The second-order valence-electron chi connectivity index (χ2n) is 5.73. The monoisotopic (exact) mass is 394 g/mol. The highest BCUT2D eigenvalue weighted by atomic mass is 32.1. The molecule has 0 unspecified atom stereocenters. The number of nitrogens with one attached hydrogen (secondary N) is 2. The molecule has 8 heteroatoms. The summed E-state index contributed by atoms with van der Waals surface area (Å²) >= 11 is 5.21. The number of hydrogen-bond donors (Lipinski definition) is 2. The van der Waals surface area contributed by atoms with Gasteiger partial charge in [-0.25, -0.2) is 0 Å². The fourth-order valence-electron chi connectivity index (χ4n) is 2.56. The number of amides is 1. The van der Waals surface area contributed by atoms with Crippen LogP contribution in [0.25, 0.3) is 5.69 Å². The van der Waals surface area contributed by atoms with Gasteiger partial charge in [-0.3, -0.25) is 9.36 Å². The van der Waals surface area contributed by atoms with E-state index in [9.17, 15) is 4.79 Å². The third-order valence-electron chi connectivity index (χ3n) is 3.79. The number of aromatic amines is 1. The van der Waals surface area contributed by atoms with Crippen LogP contribution in [0.5, 0.6) is 11.5 Å². The number of carbonyl (C=O) groups excluding carboxylic acids is 1. The van der Waals surface area contributed by atoms with Crippen molar-refractivity contribution >= 4 is 23.8 Å². The van der Waals surface area contributed by atoms with Gasteiger partial charge in [0.05, 0.1) is 18.2 Å².